The molecular formula is C19H18N4O. The Labute approximate surface area is 140 Å². The fraction of sp³-hybridized carbons (Fsp3) is 0.105. The minimum atomic E-state index is -0.143. The third-order valence-electron chi connectivity index (χ3n) is 3.61. The topological polar surface area (TPSA) is 59.8 Å². The number of nitrogens with zero attached hydrogens (tertiary/aromatic N) is 3. The van der Waals surface area contributed by atoms with E-state index in [1.165, 1.54) is 6.08 Å². The largest absolute Gasteiger partial charge is 0.346 e. The van der Waals surface area contributed by atoms with Crippen molar-refractivity contribution < 1.29 is 4.79 Å². The molecule has 3 aromatic rings. The van der Waals surface area contributed by atoms with Gasteiger partial charge in [0.15, 0.2) is 0 Å². The van der Waals surface area contributed by atoms with Crippen LogP contribution < -0.4 is 5.32 Å². The highest BCUT2D eigenvalue weighted by molar-refractivity contribution is 5.91. The second kappa shape index (κ2) is 7.37. The molecule has 120 valence electrons. The van der Waals surface area contributed by atoms with Crippen molar-refractivity contribution in [1.29, 1.82) is 0 Å². The number of pyridine rings is 1. The highest BCUT2D eigenvalue weighted by atomic mass is 16.1. The summed E-state index contributed by atoms with van der Waals surface area (Å²) in [5.41, 5.74) is 2.87. The molecule has 1 unspecified atom stereocenters. The minimum Gasteiger partial charge on any atom is -0.346 e. The van der Waals surface area contributed by atoms with Gasteiger partial charge in [0.1, 0.15) is 0 Å². The second-order valence-corrected chi connectivity index (χ2v) is 5.40. The molecular weight excluding hydrogens is 300 g/mol. The van der Waals surface area contributed by atoms with Gasteiger partial charge in [0.2, 0.25) is 5.91 Å². The Morgan fingerprint density at radius 2 is 2.12 bits per heavy atom. The molecule has 1 amide bonds. The maximum absolute atomic E-state index is 12.1. The first-order chi connectivity index (χ1) is 11.7. The SMILES string of the molecule is CC(NC(=O)C=Cc1cccnc1)c1cccc(-n2cccn2)c1. The molecule has 0 aliphatic rings. The molecule has 0 fully saturated rings. The number of nitrogens with one attached hydrogen (secondary N) is 1. The van der Waals surface area contributed by atoms with Gasteiger partial charge in [-0.15, -0.1) is 0 Å². The molecule has 0 bridgehead atoms. The van der Waals surface area contributed by atoms with E-state index in [0.29, 0.717) is 0 Å². The summed E-state index contributed by atoms with van der Waals surface area (Å²) in [6.45, 7) is 1.96. The predicted octanol–water partition coefficient (Wildman–Crippen LogP) is 3.16. The van der Waals surface area contributed by atoms with Gasteiger partial charge in [-0.1, -0.05) is 18.2 Å². The molecule has 0 spiro atoms. The average Bonchev–Trinajstić information content (AvgIpc) is 3.16. The first-order valence-electron chi connectivity index (χ1n) is 7.71. The van der Waals surface area contributed by atoms with Crippen LogP contribution in [-0.4, -0.2) is 20.7 Å². The molecule has 1 N–H and O–H groups in total. The van der Waals surface area contributed by atoms with Gasteiger partial charge in [0, 0.05) is 30.9 Å². The zero-order valence-electron chi connectivity index (χ0n) is 13.3. The monoisotopic (exact) mass is 318 g/mol. The van der Waals surface area contributed by atoms with E-state index in [2.05, 4.69) is 15.4 Å². The fourth-order valence-corrected chi connectivity index (χ4v) is 2.35. The molecule has 24 heavy (non-hydrogen) atoms. The number of rotatable bonds is 5. The smallest absolute Gasteiger partial charge is 0.244 e. The van der Waals surface area contributed by atoms with Crippen LogP contribution in [0.2, 0.25) is 0 Å². The molecule has 2 aromatic heterocycles. The average molecular weight is 318 g/mol. The van der Waals surface area contributed by atoms with Crippen molar-refractivity contribution in [2.45, 2.75) is 13.0 Å². The van der Waals surface area contributed by atoms with Crippen LogP contribution in [-0.2, 0) is 4.79 Å². The van der Waals surface area contributed by atoms with E-state index in [9.17, 15) is 4.79 Å². The third kappa shape index (κ3) is 3.95. The molecule has 3 rings (SSSR count). The highest BCUT2D eigenvalue weighted by Crippen LogP contribution is 2.16. The summed E-state index contributed by atoms with van der Waals surface area (Å²) >= 11 is 0. The Hall–Kier alpha value is -3.21. The Morgan fingerprint density at radius 1 is 1.21 bits per heavy atom. The van der Waals surface area contributed by atoms with Crippen LogP contribution in [0, 0.1) is 0 Å². The standard InChI is InChI=1S/C19H18N4O/c1-15(22-19(24)9-8-16-5-3-10-20-14-16)17-6-2-7-18(13-17)23-12-4-11-21-23/h2-15H,1H3,(H,22,24). The van der Waals surface area contributed by atoms with Crippen molar-refractivity contribution in [2.75, 3.05) is 0 Å². The summed E-state index contributed by atoms with van der Waals surface area (Å²) in [7, 11) is 0. The number of carbonyl (C=O) groups is 1. The van der Waals surface area contributed by atoms with Gasteiger partial charge in [0.25, 0.3) is 0 Å². The number of aromatic nitrogens is 3. The molecule has 1 atom stereocenters. The van der Waals surface area contributed by atoms with E-state index >= 15 is 0 Å². The zero-order chi connectivity index (χ0) is 16.8. The number of hydrogen-bond acceptors (Lipinski definition) is 3. The first-order valence-corrected chi connectivity index (χ1v) is 7.71. The summed E-state index contributed by atoms with van der Waals surface area (Å²) in [5, 5.41) is 7.19. The Morgan fingerprint density at radius 3 is 2.88 bits per heavy atom. The van der Waals surface area contributed by atoms with E-state index in [0.717, 1.165) is 16.8 Å². The highest BCUT2D eigenvalue weighted by Gasteiger charge is 2.08. The molecule has 0 saturated heterocycles. The maximum Gasteiger partial charge on any atom is 0.244 e. The third-order valence-corrected chi connectivity index (χ3v) is 3.61. The number of carbonyl (C=O) groups excluding carboxylic acids is 1. The first kappa shape index (κ1) is 15.7. The van der Waals surface area contributed by atoms with Gasteiger partial charge in [-0.25, -0.2) is 4.68 Å². The lowest BCUT2D eigenvalue weighted by Gasteiger charge is -2.14. The van der Waals surface area contributed by atoms with Crippen molar-refractivity contribution in [3.05, 3.63) is 84.5 Å². The van der Waals surface area contributed by atoms with E-state index < -0.39 is 0 Å². The van der Waals surface area contributed by atoms with Crippen molar-refractivity contribution in [3.63, 3.8) is 0 Å². The summed E-state index contributed by atoms with van der Waals surface area (Å²) in [4.78, 5) is 16.1. The lowest BCUT2D eigenvalue weighted by Crippen LogP contribution is -2.24. The normalized spacial score (nSPS) is 12.2. The Kier molecular flexibility index (Phi) is 4.81. The van der Waals surface area contributed by atoms with Gasteiger partial charge in [0.05, 0.1) is 11.7 Å². The van der Waals surface area contributed by atoms with Crippen LogP contribution in [0.5, 0.6) is 0 Å². The van der Waals surface area contributed by atoms with Crippen LogP contribution in [0.1, 0.15) is 24.1 Å². The summed E-state index contributed by atoms with van der Waals surface area (Å²) in [5.74, 6) is -0.143. The van der Waals surface area contributed by atoms with Gasteiger partial charge >= 0.3 is 0 Å². The molecule has 2 heterocycles. The maximum atomic E-state index is 12.1. The van der Waals surface area contributed by atoms with Gasteiger partial charge in [-0.3, -0.25) is 9.78 Å². The van der Waals surface area contributed by atoms with E-state index in [1.54, 1.807) is 29.3 Å². The number of amides is 1. The van der Waals surface area contributed by atoms with Crippen molar-refractivity contribution >= 4 is 12.0 Å². The predicted molar refractivity (Wildman–Crippen MR) is 93.4 cm³/mol. The number of hydrogen-bond donors (Lipinski definition) is 1. The van der Waals surface area contributed by atoms with Crippen LogP contribution in [0.25, 0.3) is 11.8 Å². The van der Waals surface area contributed by atoms with Crippen LogP contribution in [0.4, 0.5) is 0 Å². The molecule has 0 saturated carbocycles. The van der Waals surface area contributed by atoms with Crippen LogP contribution in [0.15, 0.2) is 73.3 Å². The second-order valence-electron chi connectivity index (χ2n) is 5.40. The van der Waals surface area contributed by atoms with Gasteiger partial charge in [-0.05, 0) is 48.4 Å². The molecule has 5 nitrogen and oxygen atoms in total. The summed E-state index contributed by atoms with van der Waals surface area (Å²) in [6.07, 6.45) is 10.3. The summed E-state index contributed by atoms with van der Waals surface area (Å²) in [6, 6.07) is 13.4. The molecule has 5 heteroatoms. The quantitative estimate of drug-likeness (QED) is 0.735. The minimum absolute atomic E-state index is 0.105. The summed E-state index contributed by atoms with van der Waals surface area (Å²) < 4.78 is 1.79. The Bertz CT molecular complexity index is 826. The molecule has 1 aromatic carbocycles. The lowest BCUT2D eigenvalue weighted by atomic mass is 10.1. The van der Waals surface area contributed by atoms with Gasteiger partial charge < -0.3 is 5.32 Å². The van der Waals surface area contributed by atoms with Crippen LogP contribution >= 0.6 is 0 Å². The Balaban J connectivity index is 1.66. The fourth-order valence-electron chi connectivity index (χ4n) is 2.35. The van der Waals surface area contributed by atoms with E-state index in [4.69, 9.17) is 0 Å². The molecule has 0 aliphatic carbocycles. The van der Waals surface area contributed by atoms with Crippen molar-refractivity contribution in [2.24, 2.45) is 0 Å². The molecule has 0 aliphatic heterocycles. The van der Waals surface area contributed by atoms with E-state index in [1.807, 2.05) is 55.6 Å². The van der Waals surface area contributed by atoms with E-state index in [-0.39, 0.29) is 11.9 Å². The zero-order valence-corrected chi connectivity index (χ0v) is 13.3. The molecule has 0 radical (unpaired) electrons. The lowest BCUT2D eigenvalue weighted by molar-refractivity contribution is -0.117. The van der Waals surface area contributed by atoms with Crippen molar-refractivity contribution in [3.8, 4) is 5.69 Å². The van der Waals surface area contributed by atoms with Crippen molar-refractivity contribution in [1.82, 2.24) is 20.1 Å². The van der Waals surface area contributed by atoms with Gasteiger partial charge in [-0.2, -0.15) is 5.10 Å². The van der Waals surface area contributed by atoms with Crippen LogP contribution in [0.3, 0.4) is 0 Å². The number of benzene rings is 1.